The van der Waals surface area contributed by atoms with Gasteiger partial charge in [0.1, 0.15) is 16.6 Å². The minimum atomic E-state index is -0.475. The monoisotopic (exact) mass is 322 g/mol. The highest BCUT2D eigenvalue weighted by Crippen LogP contribution is 2.21. The Hall–Kier alpha value is -3.06. The zero-order valence-corrected chi connectivity index (χ0v) is 12.6. The number of fused-ring (bicyclic) bond motifs is 2. The molecule has 0 unspecified atom stereocenters. The standard InChI is InChI=1S/C16H10N4O2S/c21-15-9-4-1-2-5-11(9)17-8-10(15)16(22)18-12-6-3-7-13-14(12)20-23-19-13/h1-8H,(H,17,21)(H,18,22). The average Bonchev–Trinajstić information content (AvgIpc) is 3.05. The maximum absolute atomic E-state index is 12.5. The number of hydrogen-bond acceptors (Lipinski definition) is 5. The van der Waals surface area contributed by atoms with Crippen molar-refractivity contribution in [2.75, 3.05) is 5.32 Å². The molecule has 1 amide bonds. The number of amides is 1. The van der Waals surface area contributed by atoms with Gasteiger partial charge in [0.15, 0.2) is 0 Å². The smallest absolute Gasteiger partial charge is 0.261 e. The molecule has 0 bridgehead atoms. The van der Waals surface area contributed by atoms with Gasteiger partial charge in [-0.2, -0.15) is 8.75 Å². The van der Waals surface area contributed by atoms with Gasteiger partial charge in [-0.1, -0.05) is 18.2 Å². The third kappa shape index (κ3) is 2.27. The molecule has 0 radical (unpaired) electrons. The summed E-state index contributed by atoms with van der Waals surface area (Å²) in [6, 6.07) is 12.4. The summed E-state index contributed by atoms with van der Waals surface area (Å²) in [4.78, 5) is 27.9. The predicted octanol–water partition coefficient (Wildman–Crippen LogP) is 2.79. The molecule has 0 atom stereocenters. The quantitative estimate of drug-likeness (QED) is 0.594. The van der Waals surface area contributed by atoms with Gasteiger partial charge in [-0.05, 0) is 24.3 Å². The lowest BCUT2D eigenvalue weighted by Crippen LogP contribution is -2.22. The van der Waals surface area contributed by atoms with E-state index in [1.807, 2.05) is 12.1 Å². The van der Waals surface area contributed by atoms with Crippen LogP contribution in [-0.2, 0) is 0 Å². The van der Waals surface area contributed by atoms with Gasteiger partial charge in [0.05, 0.1) is 17.4 Å². The number of anilines is 1. The van der Waals surface area contributed by atoms with E-state index in [1.54, 1.807) is 30.3 Å². The molecule has 2 heterocycles. The zero-order chi connectivity index (χ0) is 15.8. The first-order valence-electron chi connectivity index (χ1n) is 6.87. The van der Waals surface area contributed by atoms with Gasteiger partial charge >= 0.3 is 0 Å². The zero-order valence-electron chi connectivity index (χ0n) is 11.7. The maximum Gasteiger partial charge on any atom is 0.261 e. The van der Waals surface area contributed by atoms with Gasteiger partial charge in [-0.25, -0.2) is 0 Å². The molecule has 6 nitrogen and oxygen atoms in total. The summed E-state index contributed by atoms with van der Waals surface area (Å²) < 4.78 is 8.30. The van der Waals surface area contributed by atoms with Gasteiger partial charge in [0, 0.05) is 17.1 Å². The third-order valence-corrected chi connectivity index (χ3v) is 4.11. The van der Waals surface area contributed by atoms with Crippen LogP contribution >= 0.6 is 11.7 Å². The van der Waals surface area contributed by atoms with E-state index in [-0.39, 0.29) is 11.0 Å². The molecule has 0 spiro atoms. The molecule has 0 aliphatic carbocycles. The first-order valence-corrected chi connectivity index (χ1v) is 7.60. The Balaban J connectivity index is 1.76. The van der Waals surface area contributed by atoms with Crippen LogP contribution in [0.15, 0.2) is 53.5 Å². The summed E-state index contributed by atoms with van der Waals surface area (Å²) in [7, 11) is 0. The summed E-state index contributed by atoms with van der Waals surface area (Å²) >= 11 is 1.08. The van der Waals surface area contributed by atoms with Crippen LogP contribution in [0.1, 0.15) is 10.4 Å². The third-order valence-electron chi connectivity index (χ3n) is 3.57. The number of nitrogens with one attached hydrogen (secondary N) is 2. The first kappa shape index (κ1) is 13.6. The highest BCUT2D eigenvalue weighted by Gasteiger charge is 2.15. The van der Waals surface area contributed by atoms with Crippen molar-refractivity contribution in [3.05, 3.63) is 64.4 Å². The summed E-state index contributed by atoms with van der Waals surface area (Å²) in [5.41, 5.74) is 2.31. The molecular weight excluding hydrogens is 312 g/mol. The summed E-state index contributed by atoms with van der Waals surface area (Å²) in [6.45, 7) is 0. The number of nitrogens with zero attached hydrogens (tertiary/aromatic N) is 2. The van der Waals surface area contributed by atoms with Crippen molar-refractivity contribution in [3.8, 4) is 0 Å². The van der Waals surface area contributed by atoms with Crippen molar-refractivity contribution in [2.45, 2.75) is 0 Å². The predicted molar refractivity (Wildman–Crippen MR) is 89.9 cm³/mol. The van der Waals surface area contributed by atoms with Crippen molar-refractivity contribution in [1.29, 1.82) is 0 Å². The Morgan fingerprint density at radius 2 is 1.96 bits per heavy atom. The lowest BCUT2D eigenvalue weighted by molar-refractivity contribution is 0.102. The van der Waals surface area contributed by atoms with Crippen LogP contribution in [0.2, 0.25) is 0 Å². The van der Waals surface area contributed by atoms with E-state index in [1.165, 1.54) is 6.20 Å². The molecule has 2 aromatic heterocycles. The normalized spacial score (nSPS) is 11.0. The molecule has 4 rings (SSSR count). The van der Waals surface area contributed by atoms with Crippen molar-refractivity contribution in [1.82, 2.24) is 13.7 Å². The Kier molecular flexibility index (Phi) is 3.13. The van der Waals surface area contributed by atoms with Crippen LogP contribution in [-0.4, -0.2) is 19.6 Å². The Morgan fingerprint density at radius 1 is 1.09 bits per heavy atom. The molecule has 0 saturated carbocycles. The van der Waals surface area contributed by atoms with E-state index < -0.39 is 5.91 Å². The number of para-hydroxylation sites is 1. The van der Waals surface area contributed by atoms with Crippen LogP contribution in [0.4, 0.5) is 5.69 Å². The van der Waals surface area contributed by atoms with Gasteiger partial charge < -0.3 is 10.3 Å². The highest BCUT2D eigenvalue weighted by atomic mass is 32.1. The number of pyridine rings is 1. The fraction of sp³-hybridized carbons (Fsp3) is 0. The minimum Gasteiger partial charge on any atom is -0.360 e. The highest BCUT2D eigenvalue weighted by molar-refractivity contribution is 7.00. The Morgan fingerprint density at radius 3 is 2.87 bits per heavy atom. The molecule has 0 fully saturated rings. The van der Waals surface area contributed by atoms with Crippen molar-refractivity contribution < 1.29 is 4.79 Å². The first-order chi connectivity index (χ1) is 11.2. The SMILES string of the molecule is O=C(Nc1cccc2nsnc12)c1c[nH]c2ccccc2c1=O. The number of aromatic nitrogens is 3. The fourth-order valence-corrected chi connectivity index (χ4v) is 2.98. The Bertz CT molecular complexity index is 1100. The second-order valence-electron chi connectivity index (χ2n) is 4.97. The van der Waals surface area contributed by atoms with Gasteiger partial charge in [-0.15, -0.1) is 0 Å². The molecule has 2 aromatic carbocycles. The van der Waals surface area contributed by atoms with Crippen LogP contribution in [0.5, 0.6) is 0 Å². The van der Waals surface area contributed by atoms with Crippen molar-refractivity contribution >= 4 is 45.3 Å². The number of rotatable bonds is 2. The topological polar surface area (TPSA) is 87.7 Å². The van der Waals surface area contributed by atoms with Crippen LogP contribution in [0.3, 0.4) is 0 Å². The lowest BCUT2D eigenvalue weighted by atomic mass is 10.1. The molecule has 0 aliphatic heterocycles. The largest absolute Gasteiger partial charge is 0.360 e. The van der Waals surface area contributed by atoms with Crippen LogP contribution < -0.4 is 10.7 Å². The van der Waals surface area contributed by atoms with Crippen molar-refractivity contribution in [2.24, 2.45) is 0 Å². The molecule has 0 aliphatic rings. The molecule has 7 heteroatoms. The number of benzene rings is 2. The maximum atomic E-state index is 12.5. The number of carbonyl (C=O) groups excluding carboxylic acids is 1. The number of carbonyl (C=O) groups is 1. The van der Waals surface area contributed by atoms with E-state index in [9.17, 15) is 9.59 Å². The fourth-order valence-electron chi connectivity index (χ4n) is 2.43. The molecule has 0 saturated heterocycles. The summed E-state index contributed by atoms with van der Waals surface area (Å²) in [5.74, 6) is -0.475. The lowest BCUT2D eigenvalue weighted by Gasteiger charge is -2.06. The van der Waals surface area contributed by atoms with Gasteiger partial charge in [-0.3, -0.25) is 9.59 Å². The minimum absolute atomic E-state index is 0.0592. The number of aromatic amines is 1. The van der Waals surface area contributed by atoms with E-state index in [2.05, 4.69) is 19.0 Å². The van der Waals surface area contributed by atoms with E-state index in [0.717, 1.165) is 11.7 Å². The van der Waals surface area contributed by atoms with Gasteiger partial charge in [0.2, 0.25) is 5.43 Å². The summed E-state index contributed by atoms with van der Waals surface area (Å²) in [6.07, 6.45) is 1.43. The molecule has 23 heavy (non-hydrogen) atoms. The molecule has 112 valence electrons. The Labute approximate surface area is 134 Å². The molecular formula is C16H10N4O2S. The number of hydrogen-bond donors (Lipinski definition) is 2. The van der Waals surface area contributed by atoms with Gasteiger partial charge in [0.25, 0.3) is 5.91 Å². The second-order valence-corrected chi connectivity index (χ2v) is 5.50. The van der Waals surface area contributed by atoms with E-state index in [0.29, 0.717) is 27.6 Å². The molecule has 4 aromatic rings. The molecule has 2 N–H and O–H groups in total. The van der Waals surface area contributed by atoms with E-state index >= 15 is 0 Å². The average molecular weight is 322 g/mol. The van der Waals surface area contributed by atoms with Crippen LogP contribution in [0, 0.1) is 0 Å². The van der Waals surface area contributed by atoms with Crippen molar-refractivity contribution in [3.63, 3.8) is 0 Å². The van der Waals surface area contributed by atoms with E-state index in [4.69, 9.17) is 0 Å². The van der Waals surface area contributed by atoms with Crippen LogP contribution in [0.25, 0.3) is 21.9 Å². The summed E-state index contributed by atoms with van der Waals surface area (Å²) in [5, 5.41) is 3.22. The number of H-pyrrole nitrogens is 1. The second kappa shape index (κ2) is 5.29.